The van der Waals surface area contributed by atoms with Crippen molar-refractivity contribution in [1.82, 2.24) is 5.32 Å². The Hall–Kier alpha value is -2.29. The first kappa shape index (κ1) is 21.8. The predicted molar refractivity (Wildman–Crippen MR) is 98.6 cm³/mol. The van der Waals surface area contributed by atoms with Gasteiger partial charge in [0.15, 0.2) is 0 Å². The molecule has 146 valence electrons. The fourth-order valence-corrected chi connectivity index (χ4v) is 3.19. The van der Waals surface area contributed by atoms with Crippen LogP contribution in [0.1, 0.15) is 34.1 Å². The van der Waals surface area contributed by atoms with Crippen molar-refractivity contribution in [2.45, 2.75) is 46.3 Å². The Balaban J connectivity index is 2.67. The minimum atomic E-state index is -3.97. The minimum absolute atomic E-state index is 0.00532. The summed E-state index contributed by atoms with van der Waals surface area (Å²) in [7, 11) is -3.97. The number of ether oxygens (including phenoxy) is 1. The molecule has 0 aliphatic heterocycles. The highest BCUT2D eigenvalue weighted by Gasteiger charge is 2.24. The molecule has 0 fully saturated rings. The normalized spacial score (nSPS) is 12.7. The highest BCUT2D eigenvalue weighted by Crippen LogP contribution is 2.18. The number of aliphatic carboxylic acids is 1. The Morgan fingerprint density at radius 3 is 2.15 bits per heavy atom. The van der Waals surface area contributed by atoms with E-state index in [0.717, 1.165) is 0 Å². The molecular formula is C17H26N2O6S. The summed E-state index contributed by atoms with van der Waals surface area (Å²) in [6, 6.07) is 5.14. The van der Waals surface area contributed by atoms with Gasteiger partial charge in [-0.3, -0.25) is 9.52 Å². The van der Waals surface area contributed by atoms with Crippen LogP contribution in [0.25, 0.3) is 0 Å². The van der Waals surface area contributed by atoms with Gasteiger partial charge in [0.05, 0.1) is 6.10 Å². The van der Waals surface area contributed by atoms with E-state index in [9.17, 15) is 18.0 Å². The number of carboxylic acids is 1. The molecule has 0 saturated heterocycles. The summed E-state index contributed by atoms with van der Waals surface area (Å²) in [5.74, 6) is -2.29. The van der Waals surface area contributed by atoms with Crippen molar-refractivity contribution < 1.29 is 27.9 Å². The van der Waals surface area contributed by atoms with Gasteiger partial charge in [0, 0.05) is 5.69 Å². The van der Waals surface area contributed by atoms with E-state index in [1.165, 1.54) is 12.1 Å². The van der Waals surface area contributed by atoms with Crippen molar-refractivity contribution >= 4 is 27.6 Å². The van der Waals surface area contributed by atoms with Gasteiger partial charge in [0.2, 0.25) is 15.9 Å². The standard InChI is InChI=1S/C17H26N2O6S/c1-11(2)9-15(17(21)22)18-16(20)10-26(23,24)19-13-5-7-14(8-6-13)25-12(3)4/h5-8,11-12,15,19H,9-10H2,1-4H3,(H,18,20)(H,21,22)/t15-/m1/s1. The van der Waals surface area contributed by atoms with Crippen LogP contribution in [0.5, 0.6) is 5.75 Å². The number of hydrogen-bond donors (Lipinski definition) is 3. The van der Waals surface area contributed by atoms with Crippen molar-refractivity contribution in [2.75, 3.05) is 10.5 Å². The zero-order valence-electron chi connectivity index (χ0n) is 15.4. The number of rotatable bonds is 10. The number of amides is 1. The lowest BCUT2D eigenvalue weighted by Crippen LogP contribution is -2.44. The summed E-state index contributed by atoms with van der Waals surface area (Å²) in [4.78, 5) is 23.1. The second-order valence-electron chi connectivity index (χ2n) is 6.64. The number of carboxylic acid groups (broad SMARTS) is 1. The molecule has 0 aliphatic carbocycles. The molecular weight excluding hydrogens is 360 g/mol. The molecule has 0 spiro atoms. The van der Waals surface area contributed by atoms with Crippen LogP contribution in [0.15, 0.2) is 24.3 Å². The molecule has 1 rings (SSSR count). The summed E-state index contributed by atoms with van der Waals surface area (Å²) >= 11 is 0. The summed E-state index contributed by atoms with van der Waals surface area (Å²) in [6.07, 6.45) is 0.209. The molecule has 1 atom stereocenters. The zero-order chi connectivity index (χ0) is 19.9. The van der Waals surface area contributed by atoms with E-state index >= 15 is 0 Å². The maximum atomic E-state index is 12.1. The van der Waals surface area contributed by atoms with Gasteiger partial charge in [-0.2, -0.15) is 0 Å². The Labute approximate surface area is 154 Å². The Kier molecular flexibility index (Phi) is 7.88. The van der Waals surface area contributed by atoms with Crippen LogP contribution >= 0.6 is 0 Å². The Morgan fingerprint density at radius 2 is 1.69 bits per heavy atom. The summed E-state index contributed by atoms with van der Waals surface area (Å²) < 4.78 is 31.9. The van der Waals surface area contributed by atoms with Crippen molar-refractivity contribution in [3.8, 4) is 5.75 Å². The van der Waals surface area contributed by atoms with Crippen LogP contribution in [0.2, 0.25) is 0 Å². The molecule has 0 aromatic heterocycles. The van der Waals surface area contributed by atoms with E-state index in [2.05, 4.69) is 10.0 Å². The van der Waals surface area contributed by atoms with Crippen LogP contribution in [-0.2, 0) is 19.6 Å². The second kappa shape index (κ2) is 9.42. The third-order valence-electron chi connectivity index (χ3n) is 3.16. The number of carbonyl (C=O) groups excluding carboxylic acids is 1. The molecule has 0 heterocycles. The minimum Gasteiger partial charge on any atom is -0.491 e. The molecule has 1 amide bonds. The van der Waals surface area contributed by atoms with Gasteiger partial charge >= 0.3 is 5.97 Å². The van der Waals surface area contributed by atoms with Crippen molar-refractivity contribution in [3.63, 3.8) is 0 Å². The van der Waals surface area contributed by atoms with Gasteiger partial charge in [0.1, 0.15) is 17.5 Å². The largest absolute Gasteiger partial charge is 0.491 e. The van der Waals surface area contributed by atoms with E-state index in [0.29, 0.717) is 5.75 Å². The van der Waals surface area contributed by atoms with Crippen LogP contribution < -0.4 is 14.8 Å². The highest BCUT2D eigenvalue weighted by molar-refractivity contribution is 7.93. The SMILES string of the molecule is CC(C)C[C@@H](NC(=O)CS(=O)(=O)Nc1ccc(OC(C)C)cc1)C(=O)O. The number of hydrogen-bond acceptors (Lipinski definition) is 5. The number of nitrogens with one attached hydrogen (secondary N) is 2. The van der Waals surface area contributed by atoms with Gasteiger partial charge < -0.3 is 15.2 Å². The fraction of sp³-hybridized carbons (Fsp3) is 0.529. The summed E-state index contributed by atoms with van der Waals surface area (Å²) in [5.41, 5.74) is 0.283. The molecule has 26 heavy (non-hydrogen) atoms. The van der Waals surface area contributed by atoms with Crippen LogP contribution in [0.3, 0.4) is 0 Å². The lowest BCUT2D eigenvalue weighted by atomic mass is 10.0. The van der Waals surface area contributed by atoms with E-state index in [4.69, 9.17) is 9.84 Å². The molecule has 8 nitrogen and oxygen atoms in total. The fourth-order valence-electron chi connectivity index (χ4n) is 2.19. The van der Waals surface area contributed by atoms with Crippen molar-refractivity contribution in [1.29, 1.82) is 0 Å². The maximum Gasteiger partial charge on any atom is 0.326 e. The molecule has 9 heteroatoms. The summed E-state index contributed by atoms with van der Waals surface area (Å²) in [6.45, 7) is 7.37. The third kappa shape index (κ3) is 8.19. The quantitative estimate of drug-likeness (QED) is 0.564. The van der Waals surface area contributed by atoms with Gasteiger partial charge in [-0.05, 0) is 50.5 Å². The van der Waals surface area contributed by atoms with Crippen LogP contribution in [0, 0.1) is 5.92 Å². The van der Waals surface area contributed by atoms with Crippen molar-refractivity contribution in [3.05, 3.63) is 24.3 Å². The Bertz CT molecular complexity index is 713. The number of carbonyl (C=O) groups is 2. The second-order valence-corrected chi connectivity index (χ2v) is 8.36. The molecule has 1 aromatic carbocycles. The van der Waals surface area contributed by atoms with Gasteiger partial charge in [-0.15, -0.1) is 0 Å². The monoisotopic (exact) mass is 386 g/mol. The molecule has 0 unspecified atom stereocenters. The zero-order valence-corrected chi connectivity index (χ0v) is 16.2. The smallest absolute Gasteiger partial charge is 0.326 e. The summed E-state index contributed by atoms with van der Waals surface area (Å²) in [5, 5.41) is 11.3. The molecule has 0 bridgehead atoms. The lowest BCUT2D eigenvalue weighted by Gasteiger charge is -2.16. The number of sulfonamides is 1. The number of benzene rings is 1. The number of anilines is 1. The highest BCUT2D eigenvalue weighted by atomic mass is 32.2. The first-order chi connectivity index (χ1) is 12.0. The third-order valence-corrected chi connectivity index (χ3v) is 4.35. The van der Waals surface area contributed by atoms with E-state index in [-0.39, 0.29) is 24.1 Å². The molecule has 1 aromatic rings. The van der Waals surface area contributed by atoms with Crippen LogP contribution in [-0.4, -0.2) is 43.3 Å². The average molecular weight is 386 g/mol. The van der Waals surface area contributed by atoms with Gasteiger partial charge in [-0.25, -0.2) is 13.2 Å². The van der Waals surface area contributed by atoms with E-state index < -0.39 is 33.7 Å². The van der Waals surface area contributed by atoms with Gasteiger partial charge in [0.25, 0.3) is 0 Å². The first-order valence-electron chi connectivity index (χ1n) is 8.28. The lowest BCUT2D eigenvalue weighted by molar-refractivity contribution is -0.141. The van der Waals surface area contributed by atoms with Gasteiger partial charge in [-0.1, -0.05) is 13.8 Å². The molecule has 3 N–H and O–H groups in total. The van der Waals surface area contributed by atoms with Crippen molar-refractivity contribution in [2.24, 2.45) is 5.92 Å². The molecule has 0 saturated carbocycles. The van der Waals surface area contributed by atoms with Crippen LogP contribution in [0.4, 0.5) is 5.69 Å². The topological polar surface area (TPSA) is 122 Å². The van der Waals surface area contributed by atoms with E-state index in [1.54, 1.807) is 12.1 Å². The maximum absolute atomic E-state index is 12.1. The molecule has 0 radical (unpaired) electrons. The van der Waals surface area contributed by atoms with E-state index in [1.807, 2.05) is 27.7 Å². The predicted octanol–water partition coefficient (Wildman–Crippen LogP) is 1.83. The molecule has 0 aliphatic rings. The first-order valence-corrected chi connectivity index (χ1v) is 9.93. The Morgan fingerprint density at radius 1 is 1.12 bits per heavy atom. The average Bonchev–Trinajstić information content (AvgIpc) is 2.46.